The van der Waals surface area contributed by atoms with Gasteiger partial charge in [0.15, 0.2) is 0 Å². The molecule has 0 aromatic heterocycles. The van der Waals surface area contributed by atoms with Crippen LogP contribution in [0.1, 0.15) is 45.3 Å². The van der Waals surface area contributed by atoms with E-state index in [2.05, 4.69) is 31.0 Å². The SMILES string of the molecule is CCN(CC)CCCC(C)NCC(O)c1ccc(Cl)cc1. The van der Waals surface area contributed by atoms with E-state index in [0.717, 1.165) is 31.6 Å². The topological polar surface area (TPSA) is 35.5 Å². The zero-order valence-corrected chi connectivity index (χ0v) is 14.2. The first-order valence-corrected chi connectivity index (χ1v) is 8.33. The fourth-order valence-corrected chi connectivity index (χ4v) is 2.50. The Morgan fingerprint density at radius 3 is 2.38 bits per heavy atom. The Balaban J connectivity index is 2.23. The molecule has 0 radical (unpaired) electrons. The Morgan fingerprint density at radius 2 is 1.81 bits per heavy atom. The number of aliphatic hydroxyl groups excluding tert-OH is 1. The molecule has 0 saturated carbocycles. The van der Waals surface area contributed by atoms with E-state index < -0.39 is 6.10 Å². The van der Waals surface area contributed by atoms with Crippen molar-refractivity contribution in [3.63, 3.8) is 0 Å². The highest BCUT2D eigenvalue weighted by atomic mass is 35.5. The second-order valence-electron chi connectivity index (χ2n) is 5.55. The van der Waals surface area contributed by atoms with Gasteiger partial charge in [-0.2, -0.15) is 0 Å². The minimum absolute atomic E-state index is 0.419. The maximum Gasteiger partial charge on any atom is 0.0914 e. The van der Waals surface area contributed by atoms with Gasteiger partial charge in [0.05, 0.1) is 6.10 Å². The molecule has 2 unspecified atom stereocenters. The van der Waals surface area contributed by atoms with Gasteiger partial charge in [-0.25, -0.2) is 0 Å². The fraction of sp³-hybridized carbons (Fsp3) is 0.647. The number of hydrogen-bond acceptors (Lipinski definition) is 3. The lowest BCUT2D eigenvalue weighted by Crippen LogP contribution is -2.32. The standard InChI is InChI=1S/C17H29ClN2O/c1-4-20(5-2)12-6-7-14(3)19-13-17(21)15-8-10-16(18)11-9-15/h8-11,14,17,19,21H,4-7,12-13H2,1-3H3. The van der Waals surface area contributed by atoms with Crippen LogP contribution in [0.2, 0.25) is 5.02 Å². The zero-order valence-electron chi connectivity index (χ0n) is 13.5. The molecule has 2 N–H and O–H groups in total. The summed E-state index contributed by atoms with van der Waals surface area (Å²) in [6, 6.07) is 7.79. The van der Waals surface area contributed by atoms with E-state index in [-0.39, 0.29) is 0 Å². The Morgan fingerprint density at radius 1 is 1.19 bits per heavy atom. The number of halogens is 1. The van der Waals surface area contributed by atoms with Crippen LogP contribution >= 0.6 is 11.6 Å². The highest BCUT2D eigenvalue weighted by Gasteiger charge is 2.09. The Labute approximate surface area is 134 Å². The van der Waals surface area contributed by atoms with Gasteiger partial charge < -0.3 is 15.3 Å². The minimum atomic E-state index is -0.479. The van der Waals surface area contributed by atoms with Crippen molar-refractivity contribution in [3.8, 4) is 0 Å². The summed E-state index contributed by atoms with van der Waals surface area (Å²) in [5.74, 6) is 0. The molecule has 4 heteroatoms. The Bertz CT molecular complexity index is 379. The van der Waals surface area contributed by atoms with Crippen molar-refractivity contribution in [2.75, 3.05) is 26.2 Å². The van der Waals surface area contributed by atoms with E-state index in [4.69, 9.17) is 11.6 Å². The molecule has 0 saturated heterocycles. The van der Waals surface area contributed by atoms with Gasteiger partial charge in [0.1, 0.15) is 0 Å². The van der Waals surface area contributed by atoms with Crippen LogP contribution in [0.3, 0.4) is 0 Å². The number of nitrogens with one attached hydrogen (secondary N) is 1. The predicted octanol–water partition coefficient (Wildman–Crippen LogP) is 3.47. The van der Waals surface area contributed by atoms with Crippen LogP contribution < -0.4 is 5.32 Å². The summed E-state index contributed by atoms with van der Waals surface area (Å²) in [5, 5.41) is 14.2. The van der Waals surface area contributed by atoms with Crippen LogP contribution in [0.25, 0.3) is 0 Å². The molecule has 1 rings (SSSR count). The summed E-state index contributed by atoms with van der Waals surface area (Å²) in [4.78, 5) is 2.44. The largest absolute Gasteiger partial charge is 0.387 e. The molecule has 1 aromatic carbocycles. The number of aliphatic hydroxyl groups is 1. The number of benzene rings is 1. The summed E-state index contributed by atoms with van der Waals surface area (Å²) in [5.41, 5.74) is 0.905. The zero-order chi connectivity index (χ0) is 15.7. The summed E-state index contributed by atoms with van der Waals surface area (Å²) in [6.07, 6.45) is 1.84. The van der Waals surface area contributed by atoms with Crippen molar-refractivity contribution < 1.29 is 5.11 Å². The van der Waals surface area contributed by atoms with E-state index in [9.17, 15) is 5.11 Å². The average molecular weight is 313 g/mol. The van der Waals surface area contributed by atoms with Gasteiger partial charge in [-0.3, -0.25) is 0 Å². The molecule has 3 nitrogen and oxygen atoms in total. The smallest absolute Gasteiger partial charge is 0.0914 e. The van der Waals surface area contributed by atoms with E-state index in [0.29, 0.717) is 17.6 Å². The average Bonchev–Trinajstić information content (AvgIpc) is 2.50. The maximum absolute atomic E-state index is 10.1. The van der Waals surface area contributed by atoms with E-state index in [1.165, 1.54) is 6.42 Å². The minimum Gasteiger partial charge on any atom is -0.387 e. The monoisotopic (exact) mass is 312 g/mol. The van der Waals surface area contributed by atoms with Gasteiger partial charge in [-0.1, -0.05) is 37.6 Å². The second-order valence-corrected chi connectivity index (χ2v) is 5.98. The summed E-state index contributed by atoms with van der Waals surface area (Å²) < 4.78 is 0. The summed E-state index contributed by atoms with van der Waals surface area (Å²) >= 11 is 5.85. The second kappa shape index (κ2) is 10.2. The van der Waals surface area contributed by atoms with Crippen molar-refractivity contribution in [1.29, 1.82) is 0 Å². The lowest BCUT2D eigenvalue weighted by Gasteiger charge is -2.21. The van der Waals surface area contributed by atoms with Crippen molar-refractivity contribution in [1.82, 2.24) is 10.2 Å². The predicted molar refractivity (Wildman–Crippen MR) is 90.9 cm³/mol. The quantitative estimate of drug-likeness (QED) is 0.694. The van der Waals surface area contributed by atoms with Crippen LogP contribution in [0.4, 0.5) is 0 Å². The van der Waals surface area contributed by atoms with Gasteiger partial charge >= 0.3 is 0 Å². The van der Waals surface area contributed by atoms with E-state index in [1.807, 2.05) is 24.3 Å². The van der Waals surface area contributed by atoms with Crippen LogP contribution in [-0.4, -0.2) is 42.2 Å². The maximum atomic E-state index is 10.1. The number of hydrogen-bond donors (Lipinski definition) is 2. The molecule has 0 amide bonds. The molecule has 0 aliphatic heterocycles. The normalized spacial score (nSPS) is 14.4. The summed E-state index contributed by atoms with van der Waals surface area (Å²) in [6.45, 7) is 10.5. The third kappa shape index (κ3) is 7.28. The molecular weight excluding hydrogens is 284 g/mol. The van der Waals surface area contributed by atoms with Crippen LogP contribution in [0.15, 0.2) is 24.3 Å². The van der Waals surface area contributed by atoms with Gasteiger partial charge in [0.25, 0.3) is 0 Å². The molecule has 0 bridgehead atoms. The molecule has 2 atom stereocenters. The molecular formula is C17H29ClN2O. The first-order chi connectivity index (χ1) is 10.1. The summed E-state index contributed by atoms with van der Waals surface area (Å²) in [7, 11) is 0. The number of rotatable bonds is 10. The number of nitrogens with zero attached hydrogens (tertiary/aromatic N) is 1. The van der Waals surface area contributed by atoms with Gasteiger partial charge in [0.2, 0.25) is 0 Å². The van der Waals surface area contributed by atoms with Crippen LogP contribution in [0, 0.1) is 0 Å². The molecule has 0 heterocycles. The molecule has 120 valence electrons. The van der Waals surface area contributed by atoms with E-state index in [1.54, 1.807) is 0 Å². The lowest BCUT2D eigenvalue weighted by atomic mass is 10.1. The van der Waals surface area contributed by atoms with Crippen molar-refractivity contribution in [3.05, 3.63) is 34.9 Å². The Kier molecular flexibility index (Phi) is 8.93. The third-order valence-corrected chi connectivity index (χ3v) is 4.17. The highest BCUT2D eigenvalue weighted by molar-refractivity contribution is 6.30. The molecule has 0 fully saturated rings. The molecule has 0 spiro atoms. The van der Waals surface area contributed by atoms with Crippen LogP contribution in [-0.2, 0) is 0 Å². The van der Waals surface area contributed by atoms with Gasteiger partial charge in [-0.05, 0) is 57.1 Å². The van der Waals surface area contributed by atoms with Gasteiger partial charge in [0, 0.05) is 17.6 Å². The van der Waals surface area contributed by atoms with Crippen molar-refractivity contribution in [2.24, 2.45) is 0 Å². The van der Waals surface area contributed by atoms with Crippen molar-refractivity contribution in [2.45, 2.75) is 45.8 Å². The molecule has 0 aliphatic rings. The highest BCUT2D eigenvalue weighted by Crippen LogP contribution is 2.16. The first-order valence-electron chi connectivity index (χ1n) is 7.96. The van der Waals surface area contributed by atoms with E-state index >= 15 is 0 Å². The first kappa shape index (κ1) is 18.4. The van der Waals surface area contributed by atoms with Crippen LogP contribution in [0.5, 0.6) is 0 Å². The molecule has 0 aliphatic carbocycles. The molecule has 1 aromatic rings. The molecule has 21 heavy (non-hydrogen) atoms. The van der Waals surface area contributed by atoms with Gasteiger partial charge in [-0.15, -0.1) is 0 Å². The lowest BCUT2D eigenvalue weighted by molar-refractivity contribution is 0.169. The third-order valence-electron chi connectivity index (χ3n) is 3.92. The fourth-order valence-electron chi connectivity index (χ4n) is 2.38. The van der Waals surface area contributed by atoms with Crippen molar-refractivity contribution >= 4 is 11.6 Å². The Hall–Kier alpha value is -0.610.